The van der Waals surface area contributed by atoms with Gasteiger partial charge in [-0.15, -0.1) is 0 Å². The summed E-state index contributed by atoms with van der Waals surface area (Å²) in [4.78, 5) is 24.4. The number of rotatable bonds is 5. The molecule has 0 bridgehead atoms. The number of carbonyl (C=O) groups is 1. The van der Waals surface area contributed by atoms with E-state index in [0.717, 1.165) is 50.3 Å². The van der Waals surface area contributed by atoms with E-state index in [0.29, 0.717) is 23.1 Å². The standard InChI is InChI=1S/C24H31N5O3/c1-29(2)22-18-5-3-4-6-19(18)27-24(28-22)26-17-10-8-16(9-11-17)25-23(30)15-7-12-20-21(13-15)32-14-31-20/h7,12-13,16-17H,3-6,8-11,14H2,1-2H3,(H,25,30)(H,26,27,28). The quantitative estimate of drug-likeness (QED) is 0.742. The molecule has 0 atom stereocenters. The Bertz CT molecular complexity index is 1000. The van der Waals surface area contributed by atoms with Gasteiger partial charge in [-0.05, 0) is 69.6 Å². The molecule has 8 nitrogen and oxygen atoms in total. The third kappa shape index (κ3) is 4.31. The summed E-state index contributed by atoms with van der Waals surface area (Å²) in [6.07, 6.45) is 8.33. The highest BCUT2D eigenvalue weighted by Gasteiger charge is 2.25. The van der Waals surface area contributed by atoms with Crippen LogP contribution in [0.2, 0.25) is 0 Å². The van der Waals surface area contributed by atoms with Crippen LogP contribution in [-0.2, 0) is 12.8 Å². The molecule has 3 aliphatic rings. The predicted octanol–water partition coefficient (Wildman–Crippen LogP) is 3.30. The Morgan fingerprint density at radius 2 is 1.75 bits per heavy atom. The highest BCUT2D eigenvalue weighted by Crippen LogP contribution is 2.33. The van der Waals surface area contributed by atoms with E-state index in [1.807, 2.05) is 0 Å². The van der Waals surface area contributed by atoms with Crippen molar-refractivity contribution >= 4 is 17.7 Å². The highest BCUT2D eigenvalue weighted by atomic mass is 16.7. The molecule has 1 aromatic heterocycles. The maximum Gasteiger partial charge on any atom is 0.251 e. The molecular formula is C24H31N5O3. The largest absolute Gasteiger partial charge is 0.454 e. The monoisotopic (exact) mass is 437 g/mol. The van der Waals surface area contributed by atoms with Crippen LogP contribution in [0, 0.1) is 0 Å². The summed E-state index contributed by atoms with van der Waals surface area (Å²) >= 11 is 0. The van der Waals surface area contributed by atoms with Gasteiger partial charge in [0.05, 0.1) is 5.69 Å². The number of amides is 1. The fourth-order valence-electron chi connectivity index (χ4n) is 4.88. The van der Waals surface area contributed by atoms with E-state index < -0.39 is 0 Å². The maximum atomic E-state index is 12.7. The van der Waals surface area contributed by atoms with Gasteiger partial charge in [0.15, 0.2) is 11.5 Å². The fourth-order valence-corrected chi connectivity index (χ4v) is 4.88. The Hall–Kier alpha value is -3.03. The number of hydrogen-bond donors (Lipinski definition) is 2. The van der Waals surface area contributed by atoms with E-state index >= 15 is 0 Å². The van der Waals surface area contributed by atoms with Crippen molar-refractivity contribution in [3.05, 3.63) is 35.0 Å². The fraction of sp³-hybridized carbons (Fsp3) is 0.542. The number of aromatic nitrogens is 2. The molecule has 2 heterocycles. The van der Waals surface area contributed by atoms with Crippen molar-refractivity contribution in [1.29, 1.82) is 0 Å². The third-order valence-electron chi connectivity index (χ3n) is 6.62. The van der Waals surface area contributed by atoms with Crippen LogP contribution >= 0.6 is 0 Å². The second kappa shape index (κ2) is 8.84. The third-order valence-corrected chi connectivity index (χ3v) is 6.62. The molecular weight excluding hydrogens is 406 g/mol. The molecule has 1 fully saturated rings. The van der Waals surface area contributed by atoms with Crippen LogP contribution in [0.1, 0.15) is 60.1 Å². The zero-order valence-electron chi connectivity index (χ0n) is 18.8. The Balaban J connectivity index is 1.17. The second-order valence-electron chi connectivity index (χ2n) is 9.13. The van der Waals surface area contributed by atoms with Gasteiger partial charge >= 0.3 is 0 Å². The van der Waals surface area contributed by atoms with Crippen LogP contribution in [0.5, 0.6) is 11.5 Å². The van der Waals surface area contributed by atoms with Gasteiger partial charge in [-0.2, -0.15) is 4.98 Å². The van der Waals surface area contributed by atoms with Crippen LogP contribution in [0.3, 0.4) is 0 Å². The number of benzene rings is 1. The first-order chi connectivity index (χ1) is 15.6. The van der Waals surface area contributed by atoms with Crippen LogP contribution in [0.4, 0.5) is 11.8 Å². The molecule has 0 spiro atoms. The summed E-state index contributed by atoms with van der Waals surface area (Å²) < 4.78 is 10.7. The van der Waals surface area contributed by atoms with Crippen LogP contribution in [-0.4, -0.2) is 48.8 Å². The number of aryl methyl sites for hydroxylation is 1. The van der Waals surface area contributed by atoms with Crippen molar-refractivity contribution in [2.24, 2.45) is 0 Å². The van der Waals surface area contributed by atoms with Crippen LogP contribution in [0.25, 0.3) is 0 Å². The molecule has 1 aromatic carbocycles. The van der Waals surface area contributed by atoms with Gasteiger partial charge in [0.1, 0.15) is 5.82 Å². The molecule has 0 unspecified atom stereocenters. The molecule has 2 aliphatic carbocycles. The molecule has 8 heteroatoms. The first kappa shape index (κ1) is 20.8. The van der Waals surface area contributed by atoms with Gasteiger partial charge in [-0.3, -0.25) is 4.79 Å². The minimum Gasteiger partial charge on any atom is -0.454 e. The average molecular weight is 438 g/mol. The number of ether oxygens (including phenoxy) is 2. The van der Waals surface area contributed by atoms with Crippen molar-refractivity contribution in [2.45, 2.75) is 63.5 Å². The van der Waals surface area contributed by atoms with E-state index in [1.54, 1.807) is 18.2 Å². The molecule has 2 aromatic rings. The lowest BCUT2D eigenvalue weighted by molar-refractivity contribution is 0.0926. The van der Waals surface area contributed by atoms with Gasteiger partial charge in [-0.25, -0.2) is 4.98 Å². The molecule has 1 aliphatic heterocycles. The van der Waals surface area contributed by atoms with Gasteiger partial charge in [-0.1, -0.05) is 0 Å². The Morgan fingerprint density at radius 3 is 2.56 bits per heavy atom. The van der Waals surface area contributed by atoms with Crippen molar-refractivity contribution in [1.82, 2.24) is 15.3 Å². The Kier molecular flexibility index (Phi) is 5.76. The molecule has 1 amide bonds. The van der Waals surface area contributed by atoms with E-state index in [-0.39, 0.29) is 18.7 Å². The Morgan fingerprint density at radius 1 is 1.00 bits per heavy atom. The zero-order valence-corrected chi connectivity index (χ0v) is 18.8. The molecule has 1 saturated carbocycles. The molecule has 170 valence electrons. The second-order valence-corrected chi connectivity index (χ2v) is 9.13. The molecule has 5 rings (SSSR count). The van der Waals surface area contributed by atoms with Gasteiger partial charge < -0.3 is 25.0 Å². The smallest absolute Gasteiger partial charge is 0.251 e. The molecule has 0 radical (unpaired) electrons. The van der Waals surface area contributed by atoms with Gasteiger partial charge in [0.25, 0.3) is 5.91 Å². The van der Waals surface area contributed by atoms with Crippen molar-refractivity contribution < 1.29 is 14.3 Å². The minimum absolute atomic E-state index is 0.0617. The number of nitrogens with one attached hydrogen (secondary N) is 2. The van der Waals surface area contributed by atoms with E-state index in [1.165, 1.54) is 24.1 Å². The summed E-state index contributed by atoms with van der Waals surface area (Å²) in [5.41, 5.74) is 3.11. The van der Waals surface area contributed by atoms with E-state index in [4.69, 9.17) is 19.4 Å². The number of nitrogens with zero attached hydrogens (tertiary/aromatic N) is 3. The van der Waals surface area contributed by atoms with Crippen LogP contribution < -0.4 is 25.0 Å². The molecule has 2 N–H and O–H groups in total. The predicted molar refractivity (Wildman–Crippen MR) is 123 cm³/mol. The summed E-state index contributed by atoms with van der Waals surface area (Å²) in [6.45, 7) is 0.210. The first-order valence-corrected chi connectivity index (χ1v) is 11.6. The average Bonchev–Trinajstić information content (AvgIpc) is 3.27. The SMILES string of the molecule is CN(C)c1nc(NC2CCC(NC(=O)c3ccc4c(c3)OCO4)CC2)nc2c1CCCC2. The lowest BCUT2D eigenvalue weighted by atomic mass is 9.91. The van der Waals surface area contributed by atoms with E-state index in [9.17, 15) is 4.79 Å². The highest BCUT2D eigenvalue weighted by molar-refractivity contribution is 5.95. The van der Waals surface area contributed by atoms with Gasteiger partial charge in [0, 0.05) is 37.3 Å². The lowest BCUT2D eigenvalue weighted by Gasteiger charge is -2.30. The summed E-state index contributed by atoms with van der Waals surface area (Å²) in [6, 6.07) is 5.82. The first-order valence-electron chi connectivity index (χ1n) is 11.6. The summed E-state index contributed by atoms with van der Waals surface area (Å²) in [7, 11) is 4.10. The van der Waals surface area contributed by atoms with Crippen molar-refractivity contribution in [2.75, 3.05) is 31.1 Å². The molecule has 0 saturated heterocycles. The number of carbonyl (C=O) groups excluding carboxylic acids is 1. The lowest BCUT2D eigenvalue weighted by Crippen LogP contribution is -2.40. The zero-order chi connectivity index (χ0) is 22.1. The summed E-state index contributed by atoms with van der Waals surface area (Å²) in [5, 5.41) is 6.74. The normalized spacial score (nSPS) is 21.6. The number of anilines is 2. The number of hydrogen-bond acceptors (Lipinski definition) is 7. The van der Waals surface area contributed by atoms with Gasteiger partial charge in [0.2, 0.25) is 12.7 Å². The maximum absolute atomic E-state index is 12.7. The van der Waals surface area contributed by atoms with Crippen LogP contribution in [0.15, 0.2) is 18.2 Å². The van der Waals surface area contributed by atoms with Crippen molar-refractivity contribution in [3.8, 4) is 11.5 Å². The number of fused-ring (bicyclic) bond motifs is 2. The Labute approximate surface area is 188 Å². The van der Waals surface area contributed by atoms with E-state index in [2.05, 4.69) is 29.6 Å². The topological polar surface area (TPSA) is 88.6 Å². The summed E-state index contributed by atoms with van der Waals surface area (Å²) in [5.74, 6) is 3.04. The minimum atomic E-state index is -0.0617. The van der Waals surface area contributed by atoms with Crippen molar-refractivity contribution in [3.63, 3.8) is 0 Å². The molecule has 32 heavy (non-hydrogen) atoms.